The molecule has 0 heterocycles. The van der Waals surface area contributed by atoms with E-state index in [1.165, 1.54) is 0 Å². The SMILES string of the molecule is CC(C)COc1ccccc1N[C@@H](C)C(=O)NC(N)=O. The van der Waals surface area contributed by atoms with E-state index in [1.54, 1.807) is 6.92 Å². The van der Waals surface area contributed by atoms with Gasteiger partial charge in [0.15, 0.2) is 0 Å². The summed E-state index contributed by atoms with van der Waals surface area (Å²) in [6.45, 7) is 6.33. The number of hydrogen-bond donors (Lipinski definition) is 3. The quantitative estimate of drug-likeness (QED) is 0.739. The van der Waals surface area contributed by atoms with Crippen LogP contribution >= 0.6 is 0 Å². The smallest absolute Gasteiger partial charge is 0.318 e. The van der Waals surface area contributed by atoms with E-state index in [4.69, 9.17) is 10.5 Å². The number of carbonyl (C=O) groups excluding carboxylic acids is 2. The highest BCUT2D eigenvalue weighted by Crippen LogP contribution is 2.24. The number of carbonyl (C=O) groups is 2. The molecule has 0 radical (unpaired) electrons. The standard InChI is InChI=1S/C14H21N3O3/c1-9(2)8-20-12-7-5-4-6-11(12)16-10(3)13(18)17-14(15)19/h4-7,9-10,16H,8H2,1-3H3,(H3,15,17,18,19)/t10-/m0/s1. The van der Waals surface area contributed by atoms with E-state index in [-0.39, 0.29) is 0 Å². The number of rotatable bonds is 6. The minimum absolute atomic E-state index is 0.402. The first kappa shape index (κ1) is 15.8. The Morgan fingerprint density at radius 1 is 1.25 bits per heavy atom. The number of benzene rings is 1. The fraction of sp³-hybridized carbons (Fsp3) is 0.429. The van der Waals surface area contributed by atoms with E-state index >= 15 is 0 Å². The van der Waals surface area contributed by atoms with Crippen molar-refractivity contribution in [2.45, 2.75) is 26.8 Å². The Morgan fingerprint density at radius 2 is 1.90 bits per heavy atom. The number of nitrogens with two attached hydrogens (primary N) is 1. The highest BCUT2D eigenvalue weighted by molar-refractivity contribution is 5.97. The lowest BCUT2D eigenvalue weighted by atomic mass is 10.2. The van der Waals surface area contributed by atoms with Gasteiger partial charge in [-0.2, -0.15) is 0 Å². The van der Waals surface area contributed by atoms with Crippen molar-refractivity contribution >= 4 is 17.6 Å². The Labute approximate surface area is 118 Å². The summed E-state index contributed by atoms with van der Waals surface area (Å²) in [6.07, 6.45) is 0. The summed E-state index contributed by atoms with van der Waals surface area (Å²) in [4.78, 5) is 22.3. The van der Waals surface area contributed by atoms with Gasteiger partial charge in [0, 0.05) is 0 Å². The Hall–Kier alpha value is -2.24. The topological polar surface area (TPSA) is 93.4 Å². The Kier molecular flexibility index (Phi) is 5.83. The maximum Gasteiger partial charge on any atom is 0.318 e. The van der Waals surface area contributed by atoms with Gasteiger partial charge >= 0.3 is 6.03 Å². The van der Waals surface area contributed by atoms with Crippen LogP contribution in [0.4, 0.5) is 10.5 Å². The highest BCUT2D eigenvalue weighted by Gasteiger charge is 2.15. The monoisotopic (exact) mass is 279 g/mol. The van der Waals surface area contributed by atoms with E-state index in [0.29, 0.717) is 24.0 Å². The lowest BCUT2D eigenvalue weighted by molar-refractivity contribution is -0.120. The molecule has 0 bridgehead atoms. The zero-order valence-corrected chi connectivity index (χ0v) is 12.0. The first-order valence-electron chi connectivity index (χ1n) is 6.48. The Balaban J connectivity index is 2.71. The number of amides is 3. The van der Waals surface area contributed by atoms with Gasteiger partial charge < -0.3 is 15.8 Å². The molecule has 0 saturated carbocycles. The minimum atomic E-state index is -0.868. The van der Waals surface area contributed by atoms with Crippen molar-refractivity contribution < 1.29 is 14.3 Å². The summed E-state index contributed by atoms with van der Waals surface area (Å²) in [5.41, 5.74) is 5.61. The number of primary amides is 1. The van der Waals surface area contributed by atoms with Gasteiger partial charge in [-0.3, -0.25) is 10.1 Å². The second-order valence-electron chi connectivity index (χ2n) is 4.92. The van der Waals surface area contributed by atoms with Crippen molar-refractivity contribution in [2.75, 3.05) is 11.9 Å². The predicted molar refractivity (Wildman–Crippen MR) is 77.6 cm³/mol. The van der Waals surface area contributed by atoms with Gasteiger partial charge in [0.1, 0.15) is 11.8 Å². The molecule has 0 aliphatic heterocycles. The summed E-state index contributed by atoms with van der Waals surface area (Å²) >= 11 is 0. The maximum absolute atomic E-state index is 11.6. The first-order chi connectivity index (χ1) is 9.40. The second-order valence-corrected chi connectivity index (χ2v) is 4.92. The molecule has 1 aromatic carbocycles. The molecule has 0 spiro atoms. The Morgan fingerprint density at radius 3 is 2.50 bits per heavy atom. The maximum atomic E-state index is 11.6. The molecular weight excluding hydrogens is 258 g/mol. The molecule has 0 aliphatic carbocycles. The lowest BCUT2D eigenvalue weighted by Crippen LogP contribution is -2.43. The van der Waals surface area contributed by atoms with Gasteiger partial charge in [0.2, 0.25) is 5.91 Å². The summed E-state index contributed by atoms with van der Waals surface area (Å²) < 4.78 is 5.67. The third-order valence-electron chi connectivity index (χ3n) is 2.47. The molecule has 3 amide bonds. The largest absolute Gasteiger partial charge is 0.491 e. The van der Waals surface area contributed by atoms with Gasteiger partial charge in [-0.05, 0) is 25.0 Å². The van der Waals surface area contributed by atoms with Crippen LogP contribution in [0.25, 0.3) is 0 Å². The van der Waals surface area contributed by atoms with Crippen molar-refractivity contribution in [3.63, 3.8) is 0 Å². The molecule has 1 aromatic rings. The molecule has 0 aliphatic rings. The summed E-state index contributed by atoms with van der Waals surface area (Å²) in [7, 11) is 0. The van der Waals surface area contributed by atoms with E-state index in [9.17, 15) is 9.59 Å². The number of para-hydroxylation sites is 2. The van der Waals surface area contributed by atoms with Crippen molar-refractivity contribution in [1.82, 2.24) is 5.32 Å². The van der Waals surface area contributed by atoms with Crippen LogP contribution in [0.15, 0.2) is 24.3 Å². The first-order valence-corrected chi connectivity index (χ1v) is 6.48. The summed E-state index contributed by atoms with van der Waals surface area (Å²) in [5, 5.41) is 5.02. The van der Waals surface area contributed by atoms with Crippen molar-refractivity contribution in [2.24, 2.45) is 11.7 Å². The predicted octanol–water partition coefficient (Wildman–Crippen LogP) is 1.72. The molecule has 0 unspecified atom stereocenters. The molecule has 20 heavy (non-hydrogen) atoms. The van der Waals surface area contributed by atoms with Crippen LogP contribution in [0, 0.1) is 5.92 Å². The van der Waals surface area contributed by atoms with Crippen LogP contribution in [-0.4, -0.2) is 24.6 Å². The molecule has 110 valence electrons. The van der Waals surface area contributed by atoms with Crippen LogP contribution < -0.4 is 21.1 Å². The fourth-order valence-corrected chi connectivity index (χ4v) is 1.50. The van der Waals surface area contributed by atoms with Crippen molar-refractivity contribution in [1.29, 1.82) is 0 Å². The number of urea groups is 1. The lowest BCUT2D eigenvalue weighted by Gasteiger charge is -2.18. The number of nitrogens with one attached hydrogen (secondary N) is 2. The van der Waals surface area contributed by atoms with Gasteiger partial charge in [-0.25, -0.2) is 4.79 Å². The number of imide groups is 1. The third kappa shape index (κ3) is 5.17. The fourth-order valence-electron chi connectivity index (χ4n) is 1.50. The summed E-state index contributed by atoms with van der Waals surface area (Å²) in [6, 6.07) is 5.85. The van der Waals surface area contributed by atoms with Crippen molar-refractivity contribution in [3.05, 3.63) is 24.3 Å². The average molecular weight is 279 g/mol. The van der Waals surface area contributed by atoms with Crippen molar-refractivity contribution in [3.8, 4) is 5.75 Å². The van der Waals surface area contributed by atoms with Crippen LogP contribution in [-0.2, 0) is 4.79 Å². The third-order valence-corrected chi connectivity index (χ3v) is 2.47. The molecule has 0 fully saturated rings. The number of anilines is 1. The molecular formula is C14H21N3O3. The molecule has 1 atom stereocenters. The highest BCUT2D eigenvalue weighted by atomic mass is 16.5. The van der Waals surface area contributed by atoms with Crippen LogP contribution in [0.1, 0.15) is 20.8 Å². The van der Waals surface area contributed by atoms with Crippen LogP contribution in [0.3, 0.4) is 0 Å². The molecule has 0 saturated heterocycles. The van der Waals surface area contributed by atoms with Crippen LogP contribution in [0.5, 0.6) is 5.75 Å². The normalized spacial score (nSPS) is 11.8. The average Bonchev–Trinajstić information content (AvgIpc) is 2.36. The number of hydrogen-bond acceptors (Lipinski definition) is 4. The zero-order valence-electron chi connectivity index (χ0n) is 12.0. The van der Waals surface area contributed by atoms with E-state index < -0.39 is 18.0 Å². The minimum Gasteiger partial charge on any atom is -0.491 e. The van der Waals surface area contributed by atoms with Gasteiger partial charge in [0.25, 0.3) is 0 Å². The second kappa shape index (κ2) is 7.37. The van der Waals surface area contributed by atoms with Gasteiger partial charge in [0.05, 0.1) is 12.3 Å². The molecule has 6 nitrogen and oxygen atoms in total. The van der Waals surface area contributed by atoms with E-state index in [2.05, 4.69) is 19.2 Å². The van der Waals surface area contributed by atoms with Crippen LogP contribution in [0.2, 0.25) is 0 Å². The van der Waals surface area contributed by atoms with Gasteiger partial charge in [-0.15, -0.1) is 0 Å². The molecule has 1 rings (SSSR count). The molecule has 4 N–H and O–H groups in total. The van der Waals surface area contributed by atoms with Gasteiger partial charge in [-0.1, -0.05) is 26.0 Å². The zero-order chi connectivity index (χ0) is 15.1. The number of ether oxygens (including phenoxy) is 1. The summed E-state index contributed by atoms with van der Waals surface area (Å²) in [5.74, 6) is 0.578. The molecule has 6 heteroatoms. The van der Waals surface area contributed by atoms with E-state index in [0.717, 1.165) is 0 Å². The Bertz CT molecular complexity index is 474. The molecule has 0 aromatic heterocycles. The van der Waals surface area contributed by atoms with E-state index in [1.807, 2.05) is 29.6 Å².